The smallest absolute Gasteiger partial charge is 0.138 e. The van der Waals surface area contributed by atoms with Crippen molar-refractivity contribution >= 4 is 5.78 Å². The lowest BCUT2D eigenvalue weighted by Gasteiger charge is -2.29. The van der Waals surface area contributed by atoms with Gasteiger partial charge in [0, 0.05) is 12.8 Å². The number of aliphatic hydroxyl groups is 1. The summed E-state index contributed by atoms with van der Waals surface area (Å²) in [6.45, 7) is 4.61. The van der Waals surface area contributed by atoms with Gasteiger partial charge in [-0.3, -0.25) is 4.79 Å². The summed E-state index contributed by atoms with van der Waals surface area (Å²) in [5.74, 6) is 1.03. The Hall–Kier alpha value is -2.17. The van der Waals surface area contributed by atoms with Crippen molar-refractivity contribution in [3.63, 3.8) is 0 Å². The zero-order chi connectivity index (χ0) is 18.5. The molecular formula is C22H26O4. The van der Waals surface area contributed by atoms with E-state index in [2.05, 4.69) is 31.2 Å². The molecule has 0 aliphatic carbocycles. The van der Waals surface area contributed by atoms with Crippen LogP contribution in [0.2, 0.25) is 0 Å². The van der Waals surface area contributed by atoms with E-state index >= 15 is 0 Å². The largest absolute Gasteiger partial charge is 0.494 e. The van der Waals surface area contributed by atoms with Crippen LogP contribution in [0, 0.1) is 6.92 Å². The van der Waals surface area contributed by atoms with E-state index in [0.29, 0.717) is 19.4 Å². The van der Waals surface area contributed by atoms with E-state index < -0.39 is 6.10 Å². The lowest BCUT2D eigenvalue weighted by atomic mass is 9.93. The molecule has 4 heteroatoms. The van der Waals surface area contributed by atoms with Gasteiger partial charge in [0.1, 0.15) is 11.5 Å². The zero-order valence-corrected chi connectivity index (χ0v) is 15.4. The Morgan fingerprint density at radius 1 is 1.15 bits per heavy atom. The standard InChI is InChI=1S/C22H26O4/c1-3-25-20-8-5-16(6-9-20)10-18-11-17(7-4-15(18)2)22-13-19(24)12-21(14-23)26-22/h4-9,11,21-23H,3,10,12-14H2,1-2H3/t21-,22+/m0/s1. The highest BCUT2D eigenvalue weighted by Gasteiger charge is 2.28. The number of carbonyl (C=O) groups is 1. The maximum atomic E-state index is 11.9. The molecule has 138 valence electrons. The summed E-state index contributed by atoms with van der Waals surface area (Å²) in [6.07, 6.45) is 0.834. The van der Waals surface area contributed by atoms with Crippen molar-refractivity contribution in [1.29, 1.82) is 0 Å². The van der Waals surface area contributed by atoms with Crippen LogP contribution in [-0.4, -0.2) is 30.2 Å². The van der Waals surface area contributed by atoms with Crippen LogP contribution < -0.4 is 4.74 Å². The number of aliphatic hydroxyl groups excluding tert-OH is 1. The van der Waals surface area contributed by atoms with Gasteiger partial charge in [-0.2, -0.15) is 0 Å². The fourth-order valence-electron chi connectivity index (χ4n) is 3.35. The second-order valence-corrected chi connectivity index (χ2v) is 6.82. The average molecular weight is 354 g/mol. The van der Waals surface area contributed by atoms with Crippen LogP contribution in [0.15, 0.2) is 42.5 Å². The van der Waals surface area contributed by atoms with E-state index in [0.717, 1.165) is 17.7 Å². The molecule has 0 bridgehead atoms. The van der Waals surface area contributed by atoms with Crippen molar-refractivity contribution in [2.45, 2.75) is 45.3 Å². The number of ether oxygens (including phenoxy) is 2. The molecule has 0 spiro atoms. The molecule has 1 aliphatic heterocycles. The minimum atomic E-state index is -0.392. The van der Waals surface area contributed by atoms with Crippen molar-refractivity contribution in [3.05, 3.63) is 64.7 Å². The van der Waals surface area contributed by atoms with Crippen molar-refractivity contribution in [3.8, 4) is 5.75 Å². The van der Waals surface area contributed by atoms with Gasteiger partial charge in [0.05, 0.1) is 25.4 Å². The van der Waals surface area contributed by atoms with E-state index in [1.54, 1.807) is 0 Å². The average Bonchev–Trinajstić information content (AvgIpc) is 2.64. The Kier molecular flexibility index (Phi) is 6.07. The van der Waals surface area contributed by atoms with Gasteiger partial charge in [-0.15, -0.1) is 0 Å². The molecule has 0 amide bonds. The predicted molar refractivity (Wildman–Crippen MR) is 101 cm³/mol. The van der Waals surface area contributed by atoms with Gasteiger partial charge in [-0.25, -0.2) is 0 Å². The first-order valence-corrected chi connectivity index (χ1v) is 9.18. The molecule has 1 fully saturated rings. The number of rotatable bonds is 6. The van der Waals surface area contributed by atoms with Gasteiger partial charge in [0.2, 0.25) is 0 Å². The van der Waals surface area contributed by atoms with E-state index in [9.17, 15) is 9.90 Å². The maximum Gasteiger partial charge on any atom is 0.138 e. The van der Waals surface area contributed by atoms with Crippen LogP contribution in [-0.2, 0) is 16.0 Å². The highest BCUT2D eigenvalue weighted by molar-refractivity contribution is 5.80. The number of hydrogen-bond acceptors (Lipinski definition) is 4. The SMILES string of the molecule is CCOc1ccc(Cc2cc([C@H]3CC(=O)C[C@@H](CO)O3)ccc2C)cc1. The predicted octanol–water partition coefficient (Wildman–Crippen LogP) is 3.77. The summed E-state index contributed by atoms with van der Waals surface area (Å²) in [7, 11) is 0. The minimum Gasteiger partial charge on any atom is -0.494 e. The van der Waals surface area contributed by atoms with E-state index in [-0.39, 0.29) is 18.5 Å². The van der Waals surface area contributed by atoms with E-state index in [4.69, 9.17) is 9.47 Å². The summed E-state index contributed by atoms with van der Waals surface area (Å²) in [5.41, 5.74) is 4.64. The summed E-state index contributed by atoms with van der Waals surface area (Å²) in [5, 5.41) is 9.34. The molecule has 4 nitrogen and oxygen atoms in total. The molecule has 2 aromatic carbocycles. The van der Waals surface area contributed by atoms with Gasteiger partial charge >= 0.3 is 0 Å². The summed E-state index contributed by atoms with van der Waals surface area (Å²) >= 11 is 0. The topological polar surface area (TPSA) is 55.8 Å². The first-order chi connectivity index (χ1) is 12.6. The third-order valence-electron chi connectivity index (χ3n) is 4.80. The Balaban J connectivity index is 1.78. The number of carbonyl (C=O) groups excluding carboxylic acids is 1. The van der Waals surface area contributed by atoms with Crippen molar-refractivity contribution in [1.82, 2.24) is 0 Å². The summed E-state index contributed by atoms with van der Waals surface area (Å²) in [6, 6.07) is 14.4. The number of hydrogen-bond donors (Lipinski definition) is 1. The molecule has 26 heavy (non-hydrogen) atoms. The van der Waals surface area contributed by atoms with Gasteiger partial charge in [-0.1, -0.05) is 30.3 Å². The normalized spacial score (nSPS) is 20.2. The fourth-order valence-corrected chi connectivity index (χ4v) is 3.35. The van der Waals surface area contributed by atoms with Crippen molar-refractivity contribution < 1.29 is 19.4 Å². The quantitative estimate of drug-likeness (QED) is 0.858. The lowest BCUT2D eigenvalue weighted by molar-refractivity contribution is -0.139. The third kappa shape index (κ3) is 4.51. The molecule has 0 unspecified atom stereocenters. The Labute approximate surface area is 154 Å². The molecule has 1 saturated heterocycles. The molecule has 0 radical (unpaired) electrons. The number of ketones is 1. The van der Waals surface area contributed by atoms with Gasteiger partial charge in [0.25, 0.3) is 0 Å². The molecule has 2 aromatic rings. The Bertz CT molecular complexity index is 751. The highest BCUT2D eigenvalue weighted by Crippen LogP contribution is 2.31. The molecule has 1 aliphatic rings. The second kappa shape index (κ2) is 8.47. The number of benzene rings is 2. The first kappa shape index (κ1) is 18.6. The van der Waals surface area contributed by atoms with Crippen LogP contribution in [0.5, 0.6) is 5.75 Å². The minimum absolute atomic E-state index is 0.118. The molecule has 0 aromatic heterocycles. The molecule has 0 saturated carbocycles. The zero-order valence-electron chi connectivity index (χ0n) is 15.4. The van der Waals surface area contributed by atoms with Crippen LogP contribution >= 0.6 is 0 Å². The van der Waals surface area contributed by atoms with Gasteiger partial charge in [-0.05, 0) is 54.7 Å². The lowest BCUT2D eigenvalue weighted by Crippen LogP contribution is -2.31. The number of aryl methyl sites for hydroxylation is 1. The Morgan fingerprint density at radius 3 is 2.62 bits per heavy atom. The Morgan fingerprint density at radius 2 is 1.92 bits per heavy atom. The highest BCUT2D eigenvalue weighted by atomic mass is 16.5. The summed E-state index contributed by atoms with van der Waals surface area (Å²) in [4.78, 5) is 11.9. The van der Waals surface area contributed by atoms with Crippen LogP contribution in [0.3, 0.4) is 0 Å². The monoisotopic (exact) mass is 354 g/mol. The van der Waals surface area contributed by atoms with Crippen molar-refractivity contribution in [2.75, 3.05) is 13.2 Å². The molecule has 1 N–H and O–H groups in total. The second-order valence-electron chi connectivity index (χ2n) is 6.82. The molecular weight excluding hydrogens is 328 g/mol. The fraction of sp³-hybridized carbons (Fsp3) is 0.409. The van der Waals surface area contributed by atoms with Crippen LogP contribution in [0.25, 0.3) is 0 Å². The van der Waals surface area contributed by atoms with Gasteiger partial charge < -0.3 is 14.6 Å². The first-order valence-electron chi connectivity index (χ1n) is 9.18. The van der Waals surface area contributed by atoms with Gasteiger partial charge in [0.15, 0.2) is 0 Å². The molecule has 1 heterocycles. The van der Waals surface area contributed by atoms with E-state index in [1.807, 2.05) is 25.1 Å². The van der Waals surface area contributed by atoms with E-state index in [1.165, 1.54) is 16.7 Å². The van der Waals surface area contributed by atoms with Crippen LogP contribution in [0.1, 0.15) is 48.1 Å². The number of Topliss-reactive ketones (excluding diaryl/α,β-unsaturated/α-hetero) is 1. The van der Waals surface area contributed by atoms with Crippen LogP contribution in [0.4, 0.5) is 0 Å². The molecule has 3 rings (SSSR count). The molecule has 2 atom stereocenters. The maximum absolute atomic E-state index is 11.9. The summed E-state index contributed by atoms with van der Waals surface area (Å²) < 4.78 is 11.4. The van der Waals surface area contributed by atoms with Crippen molar-refractivity contribution in [2.24, 2.45) is 0 Å². The third-order valence-corrected chi connectivity index (χ3v) is 4.80.